The number of alkyl halides is 1. The van der Waals surface area contributed by atoms with Crippen molar-refractivity contribution in [3.63, 3.8) is 0 Å². The van der Waals surface area contributed by atoms with E-state index < -0.39 is 0 Å². The van der Waals surface area contributed by atoms with Crippen LogP contribution >= 0.6 is 22.6 Å². The fraction of sp³-hybridized carbons (Fsp3) is 1.00. The molecule has 0 aromatic heterocycles. The lowest BCUT2D eigenvalue weighted by Gasteiger charge is -2.08. The first-order valence-electron chi connectivity index (χ1n) is 3.58. The molecule has 0 amide bonds. The summed E-state index contributed by atoms with van der Waals surface area (Å²) in [6.07, 6.45) is 4.89. The molecule has 0 saturated carbocycles. The lowest BCUT2D eigenvalue weighted by Crippen LogP contribution is -2.10. The number of hydrogen-bond acceptors (Lipinski definition) is 1. The minimum absolute atomic E-state index is 0.565. The monoisotopic (exact) mass is 240 g/mol. The molecule has 0 radical (unpaired) electrons. The van der Waals surface area contributed by atoms with Crippen molar-refractivity contribution in [2.24, 2.45) is 0 Å². The fourth-order valence-corrected chi connectivity index (χ4v) is 1.84. The first kappa shape index (κ1) is 7.79. The summed E-state index contributed by atoms with van der Waals surface area (Å²) < 4.78 is 6.81. The summed E-state index contributed by atoms with van der Waals surface area (Å²) in [5, 5.41) is 0. The van der Waals surface area contributed by atoms with Gasteiger partial charge in [0, 0.05) is 4.43 Å². The molecule has 1 rings (SSSR count). The molecule has 1 aliphatic heterocycles. The Morgan fingerprint density at radius 3 is 2.44 bits per heavy atom. The zero-order valence-corrected chi connectivity index (χ0v) is 7.93. The standard InChI is InChI=1S/C7H13IO/c1-2-6-3-4-7(5-8)9-6/h6-7H,2-5H2,1H3/t6-,7-/m1/s1. The van der Waals surface area contributed by atoms with Crippen molar-refractivity contribution in [1.82, 2.24) is 0 Å². The average Bonchev–Trinajstić information content (AvgIpc) is 2.34. The Labute approximate surface area is 70.3 Å². The molecular weight excluding hydrogens is 227 g/mol. The van der Waals surface area contributed by atoms with E-state index in [1.165, 1.54) is 19.3 Å². The lowest BCUT2D eigenvalue weighted by molar-refractivity contribution is 0.0580. The second-order valence-electron chi connectivity index (χ2n) is 2.52. The number of hydrogen-bond donors (Lipinski definition) is 0. The molecule has 2 heteroatoms. The molecule has 1 nitrogen and oxygen atoms in total. The Bertz CT molecular complexity index is 75.0. The van der Waals surface area contributed by atoms with E-state index in [2.05, 4.69) is 29.5 Å². The second kappa shape index (κ2) is 3.76. The van der Waals surface area contributed by atoms with Crippen molar-refractivity contribution < 1.29 is 4.74 Å². The van der Waals surface area contributed by atoms with Crippen molar-refractivity contribution in [3.8, 4) is 0 Å². The molecular formula is C7H13IO. The second-order valence-corrected chi connectivity index (χ2v) is 3.40. The molecule has 0 unspecified atom stereocenters. The molecule has 54 valence electrons. The summed E-state index contributed by atoms with van der Waals surface area (Å²) in [6, 6.07) is 0. The van der Waals surface area contributed by atoms with Crippen LogP contribution < -0.4 is 0 Å². The van der Waals surface area contributed by atoms with Crippen LogP contribution in [0.25, 0.3) is 0 Å². The van der Waals surface area contributed by atoms with Gasteiger partial charge in [0.25, 0.3) is 0 Å². The smallest absolute Gasteiger partial charge is 0.0669 e. The zero-order chi connectivity index (χ0) is 6.69. The van der Waals surface area contributed by atoms with Crippen molar-refractivity contribution in [3.05, 3.63) is 0 Å². The van der Waals surface area contributed by atoms with Gasteiger partial charge < -0.3 is 4.74 Å². The average molecular weight is 240 g/mol. The van der Waals surface area contributed by atoms with Gasteiger partial charge in [-0.3, -0.25) is 0 Å². The summed E-state index contributed by atoms with van der Waals surface area (Å²) in [4.78, 5) is 0. The topological polar surface area (TPSA) is 9.23 Å². The summed E-state index contributed by atoms with van der Waals surface area (Å²) in [7, 11) is 0. The van der Waals surface area contributed by atoms with E-state index in [0.717, 1.165) is 4.43 Å². The highest BCUT2D eigenvalue weighted by Gasteiger charge is 2.21. The van der Waals surface area contributed by atoms with Gasteiger partial charge >= 0.3 is 0 Å². The highest BCUT2D eigenvalue weighted by atomic mass is 127. The molecule has 1 heterocycles. The Morgan fingerprint density at radius 1 is 1.44 bits per heavy atom. The molecule has 1 saturated heterocycles. The minimum atomic E-state index is 0.565. The molecule has 0 N–H and O–H groups in total. The normalized spacial score (nSPS) is 35.3. The van der Waals surface area contributed by atoms with Crippen LogP contribution in [0.4, 0.5) is 0 Å². The van der Waals surface area contributed by atoms with Crippen LogP contribution in [0.3, 0.4) is 0 Å². The van der Waals surface area contributed by atoms with Gasteiger partial charge in [0.15, 0.2) is 0 Å². The van der Waals surface area contributed by atoms with Gasteiger partial charge in [-0.05, 0) is 19.3 Å². The zero-order valence-electron chi connectivity index (χ0n) is 5.77. The van der Waals surface area contributed by atoms with Gasteiger partial charge in [-0.25, -0.2) is 0 Å². The molecule has 1 fully saturated rings. The van der Waals surface area contributed by atoms with Crippen LogP contribution in [0.5, 0.6) is 0 Å². The third kappa shape index (κ3) is 2.08. The SMILES string of the molecule is CC[C@@H]1CC[C@H](CI)O1. The Kier molecular flexibility index (Phi) is 3.26. The highest BCUT2D eigenvalue weighted by molar-refractivity contribution is 14.1. The third-order valence-electron chi connectivity index (χ3n) is 1.82. The molecule has 0 aliphatic carbocycles. The Balaban J connectivity index is 2.20. The summed E-state index contributed by atoms with van der Waals surface area (Å²) in [5.41, 5.74) is 0. The predicted octanol–water partition coefficient (Wildman–Crippen LogP) is 2.38. The number of rotatable bonds is 2. The van der Waals surface area contributed by atoms with E-state index in [0.29, 0.717) is 12.2 Å². The van der Waals surface area contributed by atoms with E-state index in [1.54, 1.807) is 0 Å². The van der Waals surface area contributed by atoms with E-state index in [-0.39, 0.29) is 0 Å². The van der Waals surface area contributed by atoms with Crippen molar-refractivity contribution in [1.29, 1.82) is 0 Å². The summed E-state index contributed by atoms with van der Waals surface area (Å²) in [6.45, 7) is 2.19. The molecule has 2 atom stereocenters. The van der Waals surface area contributed by atoms with Gasteiger partial charge in [-0.2, -0.15) is 0 Å². The van der Waals surface area contributed by atoms with E-state index >= 15 is 0 Å². The van der Waals surface area contributed by atoms with E-state index in [4.69, 9.17) is 4.74 Å². The molecule has 0 aromatic carbocycles. The summed E-state index contributed by atoms with van der Waals surface area (Å²) in [5.74, 6) is 0. The van der Waals surface area contributed by atoms with Crippen LogP contribution in [-0.2, 0) is 4.74 Å². The van der Waals surface area contributed by atoms with Crippen molar-refractivity contribution >= 4 is 22.6 Å². The van der Waals surface area contributed by atoms with E-state index in [9.17, 15) is 0 Å². The van der Waals surface area contributed by atoms with Gasteiger partial charge in [-0.15, -0.1) is 0 Å². The first-order valence-corrected chi connectivity index (χ1v) is 5.10. The Hall–Kier alpha value is 0.690. The number of ether oxygens (including phenoxy) is 1. The van der Waals surface area contributed by atoms with Gasteiger partial charge in [0.1, 0.15) is 0 Å². The Morgan fingerprint density at radius 2 is 2.11 bits per heavy atom. The minimum Gasteiger partial charge on any atom is -0.374 e. The summed E-state index contributed by atoms with van der Waals surface area (Å²) >= 11 is 2.39. The largest absolute Gasteiger partial charge is 0.374 e. The molecule has 0 aromatic rings. The quantitative estimate of drug-likeness (QED) is 0.532. The maximum atomic E-state index is 5.65. The number of halogens is 1. The van der Waals surface area contributed by atoms with Crippen molar-refractivity contribution in [2.75, 3.05) is 4.43 Å². The predicted molar refractivity (Wildman–Crippen MR) is 47.1 cm³/mol. The van der Waals surface area contributed by atoms with Crippen LogP contribution in [-0.4, -0.2) is 16.6 Å². The van der Waals surface area contributed by atoms with Crippen LogP contribution in [0.1, 0.15) is 26.2 Å². The van der Waals surface area contributed by atoms with Gasteiger partial charge in [0.2, 0.25) is 0 Å². The van der Waals surface area contributed by atoms with Crippen LogP contribution in [0, 0.1) is 0 Å². The maximum Gasteiger partial charge on any atom is 0.0669 e. The molecule has 1 aliphatic rings. The highest BCUT2D eigenvalue weighted by Crippen LogP contribution is 2.22. The maximum absolute atomic E-state index is 5.65. The molecule has 9 heavy (non-hydrogen) atoms. The third-order valence-corrected chi connectivity index (χ3v) is 2.81. The van der Waals surface area contributed by atoms with Gasteiger partial charge in [0.05, 0.1) is 12.2 Å². The molecule has 0 spiro atoms. The molecule has 0 bridgehead atoms. The first-order chi connectivity index (χ1) is 4.36. The van der Waals surface area contributed by atoms with Gasteiger partial charge in [-0.1, -0.05) is 29.5 Å². The van der Waals surface area contributed by atoms with E-state index in [1.807, 2.05) is 0 Å². The van der Waals surface area contributed by atoms with Crippen molar-refractivity contribution in [2.45, 2.75) is 38.4 Å². The van der Waals surface area contributed by atoms with Crippen LogP contribution in [0.2, 0.25) is 0 Å². The fourth-order valence-electron chi connectivity index (χ4n) is 1.19. The van der Waals surface area contributed by atoms with Crippen LogP contribution in [0.15, 0.2) is 0 Å². The lowest BCUT2D eigenvalue weighted by atomic mass is 10.2.